The maximum absolute atomic E-state index is 12.3. The Labute approximate surface area is 145 Å². The van der Waals surface area contributed by atoms with Gasteiger partial charge in [-0.3, -0.25) is 14.5 Å². The van der Waals surface area contributed by atoms with Gasteiger partial charge in [0.2, 0.25) is 11.9 Å². The van der Waals surface area contributed by atoms with Gasteiger partial charge in [-0.1, -0.05) is 6.07 Å². The second kappa shape index (κ2) is 8.20. The first-order chi connectivity index (χ1) is 12.2. The molecule has 1 aromatic carbocycles. The van der Waals surface area contributed by atoms with Crippen LogP contribution >= 0.6 is 0 Å². The highest BCUT2D eigenvalue weighted by atomic mass is 16.2. The molecule has 0 unspecified atom stereocenters. The third-order valence-corrected chi connectivity index (χ3v) is 3.78. The monoisotopic (exact) mass is 340 g/mol. The molecule has 0 bridgehead atoms. The molecule has 2 amide bonds. The summed E-state index contributed by atoms with van der Waals surface area (Å²) in [6.07, 6.45) is 3.29. The number of hydrogen-bond donors (Lipinski definition) is 3. The Balaban J connectivity index is 1.51. The summed E-state index contributed by atoms with van der Waals surface area (Å²) in [4.78, 5) is 33.8. The predicted molar refractivity (Wildman–Crippen MR) is 93.5 cm³/mol. The second-order valence-corrected chi connectivity index (χ2v) is 5.66. The number of amides is 2. The van der Waals surface area contributed by atoms with Gasteiger partial charge in [-0.15, -0.1) is 0 Å². The Hall–Kier alpha value is -3.00. The molecule has 1 saturated heterocycles. The molecule has 1 aliphatic heterocycles. The summed E-state index contributed by atoms with van der Waals surface area (Å²) < 4.78 is 0. The van der Waals surface area contributed by atoms with Crippen molar-refractivity contribution in [1.29, 1.82) is 0 Å². The van der Waals surface area contributed by atoms with Crippen molar-refractivity contribution in [2.24, 2.45) is 0 Å². The van der Waals surface area contributed by atoms with E-state index in [1.165, 1.54) is 0 Å². The molecule has 0 saturated carbocycles. The summed E-state index contributed by atoms with van der Waals surface area (Å²) >= 11 is 0. The summed E-state index contributed by atoms with van der Waals surface area (Å²) in [6.45, 7) is 2.98. The number of aromatic nitrogens is 2. The van der Waals surface area contributed by atoms with Crippen LogP contribution in [-0.2, 0) is 4.79 Å². The van der Waals surface area contributed by atoms with E-state index in [1.54, 1.807) is 36.7 Å². The van der Waals surface area contributed by atoms with E-state index in [9.17, 15) is 9.59 Å². The predicted octanol–water partition coefficient (Wildman–Crippen LogP) is 0.382. The third-order valence-electron chi connectivity index (χ3n) is 3.78. The molecule has 1 aliphatic rings. The SMILES string of the molecule is O=C1CN(CCNC(=O)c2cccc(Nc3ncccn3)c2)CCN1. The molecule has 8 nitrogen and oxygen atoms in total. The summed E-state index contributed by atoms with van der Waals surface area (Å²) in [5, 5.41) is 8.72. The molecule has 0 aliphatic carbocycles. The average molecular weight is 340 g/mol. The molecule has 25 heavy (non-hydrogen) atoms. The maximum atomic E-state index is 12.3. The van der Waals surface area contributed by atoms with E-state index in [2.05, 4.69) is 25.9 Å². The number of carbonyl (C=O) groups is 2. The summed E-state index contributed by atoms with van der Waals surface area (Å²) in [5.74, 6) is 0.349. The van der Waals surface area contributed by atoms with Crippen LogP contribution in [0.15, 0.2) is 42.7 Å². The minimum Gasteiger partial charge on any atom is -0.354 e. The van der Waals surface area contributed by atoms with Crippen LogP contribution in [0, 0.1) is 0 Å². The number of nitrogens with zero attached hydrogens (tertiary/aromatic N) is 3. The molecule has 3 rings (SSSR count). The zero-order chi connectivity index (χ0) is 17.5. The lowest BCUT2D eigenvalue weighted by atomic mass is 10.2. The van der Waals surface area contributed by atoms with Crippen LogP contribution in [-0.4, -0.2) is 59.4 Å². The zero-order valence-electron chi connectivity index (χ0n) is 13.7. The Kier molecular flexibility index (Phi) is 5.53. The molecule has 130 valence electrons. The number of rotatable bonds is 6. The summed E-state index contributed by atoms with van der Waals surface area (Å²) in [6, 6.07) is 8.89. The van der Waals surface area contributed by atoms with Crippen molar-refractivity contribution in [2.45, 2.75) is 0 Å². The van der Waals surface area contributed by atoms with Gasteiger partial charge in [0.1, 0.15) is 0 Å². The largest absolute Gasteiger partial charge is 0.354 e. The minimum absolute atomic E-state index is 0.0273. The molecule has 0 radical (unpaired) electrons. The lowest BCUT2D eigenvalue weighted by Gasteiger charge is -2.26. The highest BCUT2D eigenvalue weighted by Crippen LogP contribution is 2.14. The van der Waals surface area contributed by atoms with Gasteiger partial charge in [0, 0.05) is 49.8 Å². The number of carbonyl (C=O) groups excluding carboxylic acids is 2. The highest BCUT2D eigenvalue weighted by Gasteiger charge is 2.15. The van der Waals surface area contributed by atoms with Gasteiger partial charge in [0.25, 0.3) is 5.91 Å². The van der Waals surface area contributed by atoms with E-state index in [0.717, 1.165) is 12.2 Å². The molecular formula is C17H20N6O2. The Morgan fingerprint density at radius 3 is 2.88 bits per heavy atom. The van der Waals surface area contributed by atoms with Crippen LogP contribution in [0.2, 0.25) is 0 Å². The number of benzene rings is 1. The average Bonchev–Trinajstić information content (AvgIpc) is 2.63. The first kappa shape index (κ1) is 16.8. The van der Waals surface area contributed by atoms with E-state index >= 15 is 0 Å². The lowest BCUT2D eigenvalue weighted by Crippen LogP contribution is -2.49. The zero-order valence-corrected chi connectivity index (χ0v) is 13.7. The molecule has 0 spiro atoms. The third kappa shape index (κ3) is 4.98. The van der Waals surface area contributed by atoms with Crippen molar-refractivity contribution in [3.8, 4) is 0 Å². The number of hydrogen-bond acceptors (Lipinski definition) is 6. The minimum atomic E-state index is -0.154. The first-order valence-corrected chi connectivity index (χ1v) is 8.12. The van der Waals surface area contributed by atoms with Crippen LogP contribution in [0.3, 0.4) is 0 Å². The first-order valence-electron chi connectivity index (χ1n) is 8.12. The molecule has 1 fully saturated rings. The van der Waals surface area contributed by atoms with E-state index in [4.69, 9.17) is 0 Å². The Morgan fingerprint density at radius 2 is 2.08 bits per heavy atom. The van der Waals surface area contributed by atoms with Gasteiger partial charge < -0.3 is 16.0 Å². The van der Waals surface area contributed by atoms with Crippen molar-refractivity contribution < 1.29 is 9.59 Å². The molecular weight excluding hydrogens is 320 g/mol. The van der Waals surface area contributed by atoms with Crippen molar-refractivity contribution in [2.75, 3.05) is 38.0 Å². The number of anilines is 2. The fraction of sp³-hybridized carbons (Fsp3) is 0.294. The fourth-order valence-corrected chi connectivity index (χ4v) is 2.54. The van der Waals surface area contributed by atoms with E-state index in [-0.39, 0.29) is 11.8 Å². The van der Waals surface area contributed by atoms with E-state index < -0.39 is 0 Å². The van der Waals surface area contributed by atoms with E-state index in [1.807, 2.05) is 11.0 Å². The Bertz CT molecular complexity index is 737. The summed E-state index contributed by atoms with van der Waals surface area (Å²) in [7, 11) is 0. The Morgan fingerprint density at radius 1 is 1.24 bits per heavy atom. The van der Waals surface area contributed by atoms with Crippen molar-refractivity contribution in [3.63, 3.8) is 0 Å². The molecule has 3 N–H and O–H groups in total. The molecule has 2 aromatic rings. The van der Waals surface area contributed by atoms with Gasteiger partial charge in [-0.2, -0.15) is 0 Å². The van der Waals surface area contributed by atoms with Gasteiger partial charge in [0.15, 0.2) is 0 Å². The maximum Gasteiger partial charge on any atom is 0.251 e. The van der Waals surface area contributed by atoms with Gasteiger partial charge in [0.05, 0.1) is 6.54 Å². The smallest absolute Gasteiger partial charge is 0.251 e. The topological polar surface area (TPSA) is 99.3 Å². The van der Waals surface area contributed by atoms with Gasteiger partial charge in [-0.05, 0) is 24.3 Å². The van der Waals surface area contributed by atoms with E-state index in [0.29, 0.717) is 37.7 Å². The molecule has 2 heterocycles. The highest BCUT2D eigenvalue weighted by molar-refractivity contribution is 5.95. The number of piperazine rings is 1. The quantitative estimate of drug-likeness (QED) is 0.703. The van der Waals surface area contributed by atoms with Crippen molar-refractivity contribution >= 4 is 23.5 Å². The molecule has 0 atom stereocenters. The van der Waals surface area contributed by atoms with Crippen molar-refractivity contribution in [1.82, 2.24) is 25.5 Å². The molecule has 8 heteroatoms. The van der Waals surface area contributed by atoms with Gasteiger partial charge in [-0.25, -0.2) is 9.97 Å². The van der Waals surface area contributed by atoms with Crippen LogP contribution in [0.25, 0.3) is 0 Å². The van der Waals surface area contributed by atoms with Crippen LogP contribution in [0.1, 0.15) is 10.4 Å². The number of nitrogens with one attached hydrogen (secondary N) is 3. The van der Waals surface area contributed by atoms with Crippen LogP contribution in [0.4, 0.5) is 11.6 Å². The fourth-order valence-electron chi connectivity index (χ4n) is 2.54. The molecule has 1 aromatic heterocycles. The van der Waals surface area contributed by atoms with Crippen LogP contribution in [0.5, 0.6) is 0 Å². The second-order valence-electron chi connectivity index (χ2n) is 5.66. The standard InChI is InChI=1S/C17H20N6O2/c24-15-12-23(9-7-18-15)10-8-19-16(25)13-3-1-4-14(11-13)22-17-20-5-2-6-21-17/h1-6,11H,7-10,12H2,(H,18,24)(H,19,25)(H,20,21,22). The van der Waals surface area contributed by atoms with Crippen molar-refractivity contribution in [3.05, 3.63) is 48.3 Å². The summed E-state index contributed by atoms with van der Waals surface area (Å²) in [5.41, 5.74) is 1.30. The normalized spacial score (nSPS) is 14.6. The van der Waals surface area contributed by atoms with Gasteiger partial charge >= 0.3 is 0 Å². The lowest BCUT2D eigenvalue weighted by molar-refractivity contribution is -0.124. The van der Waals surface area contributed by atoms with Crippen LogP contribution < -0.4 is 16.0 Å².